The molecule has 140 valence electrons. The van der Waals surface area contributed by atoms with Gasteiger partial charge in [-0.15, -0.1) is 0 Å². The molecule has 0 aliphatic rings. The summed E-state index contributed by atoms with van der Waals surface area (Å²) in [5.74, 6) is -0.823. The van der Waals surface area contributed by atoms with Crippen LogP contribution in [0.2, 0.25) is 0 Å². The number of hydrogen-bond acceptors (Lipinski definition) is 5. The normalized spacial score (nSPS) is 11.5. The summed E-state index contributed by atoms with van der Waals surface area (Å²) in [6, 6.07) is 3.31. The maximum absolute atomic E-state index is 12.9. The van der Waals surface area contributed by atoms with Gasteiger partial charge in [-0.25, -0.2) is 14.5 Å². The number of carbonyl (C=O) groups excluding carboxylic acids is 2. The number of benzene rings is 1. The average molecular weight is 380 g/mol. The second kappa shape index (κ2) is 6.55. The number of aromatic nitrogens is 4. The van der Waals surface area contributed by atoms with Crippen molar-refractivity contribution < 1.29 is 22.8 Å². The minimum atomic E-state index is -4.53. The predicted molar refractivity (Wildman–Crippen MR) is 85.9 cm³/mol. The van der Waals surface area contributed by atoms with Crippen LogP contribution < -0.4 is 16.6 Å². The number of urea groups is 1. The average Bonchev–Trinajstić information content (AvgIpc) is 3.01. The van der Waals surface area contributed by atoms with Crippen LogP contribution in [0.4, 0.5) is 18.0 Å². The highest BCUT2D eigenvalue weighted by Gasteiger charge is 2.30. The number of halogens is 3. The molecule has 9 nitrogen and oxygen atoms in total. The fourth-order valence-corrected chi connectivity index (χ4v) is 2.40. The third-order valence-electron chi connectivity index (χ3n) is 3.55. The van der Waals surface area contributed by atoms with Crippen molar-refractivity contribution in [2.45, 2.75) is 12.7 Å². The van der Waals surface area contributed by atoms with Crippen LogP contribution in [0.5, 0.6) is 0 Å². The number of carbonyl (C=O) groups is 2. The van der Waals surface area contributed by atoms with Crippen molar-refractivity contribution in [3.8, 4) is 5.69 Å². The Hall–Kier alpha value is -3.70. The molecule has 2 aromatic heterocycles. The number of primary amides is 1. The summed E-state index contributed by atoms with van der Waals surface area (Å²) in [4.78, 5) is 38.6. The summed E-state index contributed by atoms with van der Waals surface area (Å²) in [5.41, 5.74) is 3.37. The molecular weight excluding hydrogens is 369 g/mol. The van der Waals surface area contributed by atoms with Crippen LogP contribution in [0.3, 0.4) is 0 Å². The largest absolute Gasteiger partial charge is 0.416 e. The van der Waals surface area contributed by atoms with E-state index in [0.29, 0.717) is 0 Å². The summed E-state index contributed by atoms with van der Waals surface area (Å²) in [7, 11) is 0. The zero-order valence-corrected chi connectivity index (χ0v) is 13.4. The number of nitrogens with zero attached hydrogens (tertiary/aromatic N) is 4. The van der Waals surface area contributed by atoms with Crippen molar-refractivity contribution in [2.24, 2.45) is 5.73 Å². The quantitative estimate of drug-likeness (QED) is 0.695. The lowest BCUT2D eigenvalue weighted by Crippen LogP contribution is -2.39. The lowest BCUT2D eigenvalue weighted by atomic mass is 10.2. The molecule has 1 aromatic carbocycles. The van der Waals surface area contributed by atoms with Gasteiger partial charge in [0.05, 0.1) is 17.4 Å². The summed E-state index contributed by atoms with van der Waals surface area (Å²) < 4.78 is 40.6. The molecule has 3 N–H and O–H groups in total. The first-order chi connectivity index (χ1) is 12.7. The molecule has 0 atom stereocenters. The monoisotopic (exact) mass is 380 g/mol. The highest BCUT2D eigenvalue weighted by atomic mass is 19.4. The lowest BCUT2D eigenvalue weighted by molar-refractivity contribution is -0.137. The summed E-state index contributed by atoms with van der Waals surface area (Å²) in [6.07, 6.45) is -2.38. The molecule has 2 heterocycles. The molecule has 0 saturated heterocycles. The van der Waals surface area contributed by atoms with E-state index in [0.717, 1.165) is 33.9 Å². The number of alkyl halides is 3. The van der Waals surface area contributed by atoms with Gasteiger partial charge in [0.25, 0.3) is 5.56 Å². The number of amides is 3. The Bertz CT molecular complexity index is 1100. The molecule has 0 aliphatic carbocycles. The van der Waals surface area contributed by atoms with Crippen molar-refractivity contribution in [3.63, 3.8) is 0 Å². The molecule has 3 rings (SSSR count). The Morgan fingerprint density at radius 3 is 2.67 bits per heavy atom. The van der Waals surface area contributed by atoms with Crippen molar-refractivity contribution >= 4 is 23.0 Å². The molecule has 0 aliphatic heterocycles. The first-order valence-corrected chi connectivity index (χ1v) is 7.37. The first kappa shape index (κ1) is 18.1. The second-order valence-electron chi connectivity index (χ2n) is 5.43. The predicted octanol–water partition coefficient (Wildman–Crippen LogP) is 0.796. The van der Waals surface area contributed by atoms with E-state index in [1.54, 1.807) is 5.32 Å². The Morgan fingerprint density at radius 1 is 1.26 bits per heavy atom. The van der Waals surface area contributed by atoms with E-state index in [2.05, 4.69) is 10.1 Å². The molecule has 3 aromatic rings. The first-order valence-electron chi connectivity index (χ1n) is 7.37. The van der Waals surface area contributed by atoms with E-state index in [9.17, 15) is 27.6 Å². The number of rotatable bonds is 3. The van der Waals surface area contributed by atoms with E-state index in [1.807, 2.05) is 0 Å². The van der Waals surface area contributed by atoms with Gasteiger partial charge in [0, 0.05) is 0 Å². The van der Waals surface area contributed by atoms with Gasteiger partial charge in [0.15, 0.2) is 5.65 Å². The third kappa shape index (κ3) is 3.63. The van der Waals surface area contributed by atoms with Gasteiger partial charge >= 0.3 is 12.2 Å². The molecular formula is C15H11F3N6O3. The standard InChI is InChI=1S/C15H11F3N6O3/c16-15(17,18)8-2-1-3-9(4-8)24-12-10(5-21-24)13(26)23(7-20-12)6-11(25)22-14(19)27/h1-5,7H,6H2,(H3,19,22,25,27). The molecule has 12 heteroatoms. The topological polar surface area (TPSA) is 125 Å². The van der Waals surface area contributed by atoms with E-state index in [-0.39, 0.29) is 16.7 Å². The van der Waals surface area contributed by atoms with Crippen LogP contribution in [0.15, 0.2) is 41.6 Å². The van der Waals surface area contributed by atoms with Crippen LogP contribution >= 0.6 is 0 Å². The molecule has 0 radical (unpaired) electrons. The second-order valence-corrected chi connectivity index (χ2v) is 5.43. The van der Waals surface area contributed by atoms with Gasteiger partial charge in [-0.1, -0.05) is 6.07 Å². The van der Waals surface area contributed by atoms with Gasteiger partial charge in [-0.05, 0) is 18.2 Å². The van der Waals surface area contributed by atoms with Crippen LogP contribution in [0.25, 0.3) is 16.7 Å². The summed E-state index contributed by atoms with van der Waals surface area (Å²) in [5, 5.41) is 5.71. The molecule has 0 saturated carbocycles. The molecule has 0 spiro atoms. The number of nitrogens with two attached hydrogens (primary N) is 1. The highest BCUT2D eigenvalue weighted by Crippen LogP contribution is 2.30. The lowest BCUT2D eigenvalue weighted by Gasteiger charge is -2.09. The number of nitrogens with one attached hydrogen (secondary N) is 1. The Morgan fingerprint density at radius 2 is 2.00 bits per heavy atom. The maximum atomic E-state index is 12.9. The molecule has 0 fully saturated rings. The Balaban J connectivity index is 2.02. The van der Waals surface area contributed by atoms with E-state index >= 15 is 0 Å². The van der Waals surface area contributed by atoms with Crippen LogP contribution in [0, 0.1) is 0 Å². The minimum Gasteiger partial charge on any atom is -0.351 e. The van der Waals surface area contributed by atoms with Gasteiger partial charge in [0.2, 0.25) is 5.91 Å². The molecule has 3 amide bonds. The van der Waals surface area contributed by atoms with Crippen LogP contribution in [-0.2, 0) is 17.5 Å². The van der Waals surface area contributed by atoms with Gasteiger partial charge in [-0.3, -0.25) is 19.5 Å². The minimum absolute atomic E-state index is 0.0122. The van der Waals surface area contributed by atoms with Gasteiger partial charge in [-0.2, -0.15) is 18.3 Å². The zero-order valence-electron chi connectivity index (χ0n) is 13.4. The van der Waals surface area contributed by atoms with Gasteiger partial charge < -0.3 is 5.73 Å². The van der Waals surface area contributed by atoms with E-state index < -0.39 is 35.8 Å². The number of hydrogen-bond donors (Lipinski definition) is 2. The highest BCUT2D eigenvalue weighted by molar-refractivity contribution is 5.93. The van der Waals surface area contributed by atoms with Gasteiger partial charge in [0.1, 0.15) is 18.3 Å². The van der Waals surface area contributed by atoms with Crippen molar-refractivity contribution in [2.75, 3.05) is 0 Å². The SMILES string of the molecule is NC(=O)NC(=O)Cn1cnc2c(cnn2-c2cccc(C(F)(F)F)c2)c1=O. The fourth-order valence-electron chi connectivity index (χ4n) is 2.40. The Labute approximate surface area is 148 Å². The smallest absolute Gasteiger partial charge is 0.351 e. The van der Waals surface area contributed by atoms with Crippen molar-refractivity contribution in [1.82, 2.24) is 24.6 Å². The van der Waals surface area contributed by atoms with Crippen LogP contribution in [-0.4, -0.2) is 31.3 Å². The molecule has 0 unspecified atom stereocenters. The number of fused-ring (bicyclic) bond motifs is 1. The van der Waals surface area contributed by atoms with Crippen molar-refractivity contribution in [3.05, 3.63) is 52.7 Å². The summed E-state index contributed by atoms with van der Waals surface area (Å²) in [6.45, 7) is -0.514. The Kier molecular flexibility index (Phi) is 4.39. The van der Waals surface area contributed by atoms with E-state index in [4.69, 9.17) is 5.73 Å². The maximum Gasteiger partial charge on any atom is 0.416 e. The molecule has 0 bridgehead atoms. The summed E-state index contributed by atoms with van der Waals surface area (Å²) >= 11 is 0. The van der Waals surface area contributed by atoms with Crippen LogP contribution in [0.1, 0.15) is 5.56 Å². The number of imide groups is 1. The van der Waals surface area contributed by atoms with Crippen molar-refractivity contribution in [1.29, 1.82) is 0 Å². The zero-order chi connectivity index (χ0) is 19.8. The fraction of sp³-hybridized carbons (Fsp3) is 0.133. The third-order valence-corrected chi connectivity index (χ3v) is 3.55. The van der Waals surface area contributed by atoms with E-state index in [1.165, 1.54) is 12.1 Å². The molecule has 27 heavy (non-hydrogen) atoms.